The lowest BCUT2D eigenvalue weighted by Crippen LogP contribution is -2.18. The summed E-state index contributed by atoms with van der Waals surface area (Å²) in [7, 11) is 0. The molecule has 0 aliphatic heterocycles. The van der Waals surface area contributed by atoms with Crippen LogP contribution >= 0.6 is 0 Å². The van der Waals surface area contributed by atoms with Gasteiger partial charge in [-0.15, -0.1) is 0 Å². The molecule has 62 heavy (non-hydrogen) atoms. The Bertz CT molecular complexity index is 3860. The summed E-state index contributed by atoms with van der Waals surface area (Å²) < 4.78 is 9.01. The van der Waals surface area contributed by atoms with Crippen LogP contribution in [0.15, 0.2) is 164 Å². The number of benzene rings is 7. The normalized spacial score (nSPS) is 12.5. The smallest absolute Gasteiger partial charge is 0.105 e. The van der Waals surface area contributed by atoms with Crippen molar-refractivity contribution in [2.75, 3.05) is 0 Å². The highest BCUT2D eigenvalue weighted by Gasteiger charge is 2.35. The van der Waals surface area contributed by atoms with Crippen molar-refractivity contribution in [2.24, 2.45) is 0 Å². The Kier molecular flexibility index (Phi) is 7.09. The minimum Gasteiger partial charge on any atom is -0.310 e. The molecule has 0 unspecified atom stereocenters. The second kappa shape index (κ2) is 12.9. The van der Waals surface area contributed by atoms with Gasteiger partial charge >= 0.3 is 0 Å². The maximum absolute atomic E-state index is 12.1. The number of rotatable bonds is 4. The lowest BCUT2D eigenvalue weighted by molar-refractivity contribution is 0.878. The van der Waals surface area contributed by atoms with Crippen molar-refractivity contribution in [3.05, 3.63) is 198 Å². The molecule has 1 aliphatic rings. The van der Waals surface area contributed by atoms with Gasteiger partial charge < -0.3 is 13.7 Å². The molecule has 0 N–H and O–H groups in total. The van der Waals surface area contributed by atoms with E-state index < -0.39 is 0 Å². The molecule has 0 bridgehead atoms. The number of fused-ring (bicyclic) bond motifs is 12. The molecule has 0 amide bonds. The molecule has 286 valence electrons. The van der Waals surface area contributed by atoms with E-state index in [1.165, 1.54) is 0 Å². The van der Waals surface area contributed by atoms with Crippen molar-refractivity contribution < 1.29 is 0 Å². The molecule has 1 aliphatic carbocycles. The summed E-state index contributed by atoms with van der Waals surface area (Å²) in [5.74, 6) is 0. The van der Waals surface area contributed by atoms with Gasteiger partial charge in [-0.25, -0.2) is 0 Å². The van der Waals surface area contributed by atoms with Crippen LogP contribution in [0.2, 0.25) is 0 Å². The van der Waals surface area contributed by atoms with E-state index >= 15 is 0 Å². The van der Waals surface area contributed by atoms with Crippen molar-refractivity contribution in [2.45, 2.75) is 12.8 Å². The van der Waals surface area contributed by atoms with Gasteiger partial charge in [0.15, 0.2) is 0 Å². The second-order valence-corrected chi connectivity index (χ2v) is 16.0. The Morgan fingerprint density at radius 2 is 0.839 bits per heavy atom. The van der Waals surface area contributed by atoms with E-state index in [1.807, 2.05) is 18.2 Å². The molecular weight excluding hydrogens is 757 g/mol. The highest BCUT2D eigenvalue weighted by molar-refractivity contribution is 6.14. The second-order valence-electron chi connectivity index (χ2n) is 16.0. The van der Waals surface area contributed by atoms with Gasteiger partial charge in [-0.1, -0.05) is 127 Å². The van der Waals surface area contributed by atoms with Crippen LogP contribution < -0.4 is 0 Å². The lowest BCUT2D eigenvalue weighted by atomic mass is 9.98. The van der Waals surface area contributed by atoms with E-state index in [0.717, 1.165) is 100 Å². The van der Waals surface area contributed by atoms with E-state index in [2.05, 4.69) is 194 Å². The molecule has 12 aromatic rings. The Hall–Kier alpha value is -8.76. The molecule has 6 nitrogen and oxygen atoms in total. The quantitative estimate of drug-likeness (QED) is 0.178. The summed E-state index contributed by atoms with van der Waals surface area (Å²) >= 11 is 0. The molecule has 0 spiro atoms. The van der Waals surface area contributed by atoms with Crippen LogP contribution in [0.25, 0.3) is 105 Å². The van der Waals surface area contributed by atoms with Crippen molar-refractivity contribution in [3.8, 4) is 34.9 Å². The average molecular weight is 789 g/mol. The zero-order chi connectivity index (χ0) is 41.1. The van der Waals surface area contributed by atoms with Gasteiger partial charge in [0, 0.05) is 49.0 Å². The third kappa shape index (κ3) is 4.41. The minimum atomic E-state index is 0.384. The van der Waals surface area contributed by atoms with Gasteiger partial charge in [-0.3, -0.25) is 4.57 Å². The summed E-state index contributed by atoms with van der Waals surface area (Å²) in [6, 6.07) is 66.8. The maximum Gasteiger partial charge on any atom is 0.105 e. The van der Waals surface area contributed by atoms with Crippen molar-refractivity contribution in [1.29, 1.82) is 10.5 Å². The van der Waals surface area contributed by atoms with Crippen LogP contribution in [0, 0.1) is 34.8 Å². The van der Waals surface area contributed by atoms with E-state index in [4.69, 9.17) is 0 Å². The minimum absolute atomic E-state index is 0.384. The van der Waals surface area contributed by atoms with Crippen LogP contribution in [0.4, 0.5) is 0 Å². The number of hydrogen-bond donors (Lipinski definition) is 0. The van der Waals surface area contributed by atoms with E-state index in [-0.39, 0.29) is 0 Å². The standard InChI is InChI=1S/C56H32N6/c57-33-43-53(59-45-25-9-1-17-35(45)36-18-2-10-26-46(36)59)44(34-58)55(61-49-29-13-5-21-39(49)40-22-6-14-30-50(40)61)56(62-51-31-15-7-23-41(51)42-24-8-16-32-52(42)62)54(43)60-47-27-11-3-19-37(47)38-20-4-12-28-48(38)60/h1-13,15,17-29,31H,14,30H2. The third-order valence-electron chi connectivity index (χ3n) is 13.0. The van der Waals surface area contributed by atoms with Crippen LogP contribution in [0.1, 0.15) is 28.8 Å². The first-order valence-electron chi connectivity index (χ1n) is 20.9. The topological polar surface area (TPSA) is 67.3 Å². The number of para-hydroxylation sites is 6. The van der Waals surface area contributed by atoms with E-state index in [0.29, 0.717) is 33.9 Å². The Labute approximate surface area is 355 Å². The fourth-order valence-corrected chi connectivity index (χ4v) is 10.6. The Morgan fingerprint density at radius 3 is 1.35 bits per heavy atom. The molecule has 4 aromatic heterocycles. The van der Waals surface area contributed by atoms with Gasteiger partial charge in [-0.05, 0) is 67.4 Å². The summed E-state index contributed by atoms with van der Waals surface area (Å²) in [6.07, 6.45) is 6.11. The Morgan fingerprint density at radius 1 is 0.419 bits per heavy atom. The molecular formula is C56H32N6. The number of nitrogens with zero attached hydrogens (tertiary/aromatic N) is 6. The van der Waals surface area contributed by atoms with Gasteiger partial charge in [-0.2, -0.15) is 10.5 Å². The number of hydrogen-bond acceptors (Lipinski definition) is 2. The SMILES string of the molecule is N#Cc1c(-n2c3c(c4ccccc42)C=CCC3)c(-n2c3c#cccc3c3ccccc32)c(-n2c3ccccc3c3ccccc32)c(C#N)c1-n1c2ccccc2c2ccccc21. The molecule has 6 heteroatoms. The third-order valence-corrected chi connectivity index (χ3v) is 13.0. The zero-order valence-corrected chi connectivity index (χ0v) is 33.3. The lowest BCUT2D eigenvalue weighted by Gasteiger charge is -2.27. The fourth-order valence-electron chi connectivity index (χ4n) is 10.6. The fraction of sp³-hybridized carbons (Fsp3) is 0.0357. The van der Waals surface area contributed by atoms with Crippen LogP contribution in [0.3, 0.4) is 0 Å². The van der Waals surface area contributed by atoms with Crippen molar-refractivity contribution in [3.63, 3.8) is 0 Å². The van der Waals surface area contributed by atoms with Crippen molar-refractivity contribution in [1.82, 2.24) is 18.3 Å². The zero-order valence-electron chi connectivity index (χ0n) is 33.3. The molecule has 0 saturated heterocycles. The number of nitriles is 2. The first-order valence-corrected chi connectivity index (χ1v) is 20.9. The average Bonchev–Trinajstić information content (AvgIpc) is 4.06. The molecule has 0 fully saturated rings. The molecule has 0 atom stereocenters. The first kappa shape index (κ1) is 34.1. The monoisotopic (exact) mass is 788 g/mol. The van der Waals surface area contributed by atoms with E-state index in [9.17, 15) is 10.5 Å². The maximum atomic E-state index is 12.1. The molecule has 0 radical (unpaired) electrons. The predicted molar refractivity (Wildman–Crippen MR) is 251 cm³/mol. The summed E-state index contributed by atoms with van der Waals surface area (Å²) in [5.41, 5.74) is 12.1. The van der Waals surface area contributed by atoms with E-state index in [1.54, 1.807) is 0 Å². The molecule has 0 saturated carbocycles. The van der Waals surface area contributed by atoms with Crippen LogP contribution in [0.5, 0.6) is 0 Å². The molecule has 4 heterocycles. The van der Waals surface area contributed by atoms with Gasteiger partial charge in [0.2, 0.25) is 0 Å². The summed E-state index contributed by atoms with van der Waals surface area (Å²) in [5, 5.41) is 31.6. The Balaban J connectivity index is 1.39. The van der Waals surface area contributed by atoms with Crippen molar-refractivity contribution >= 4 is 82.4 Å². The number of aromatic nitrogens is 4. The number of allylic oxidation sites excluding steroid dienone is 1. The highest BCUT2D eigenvalue weighted by atomic mass is 15.1. The van der Waals surface area contributed by atoms with Gasteiger partial charge in [0.25, 0.3) is 0 Å². The predicted octanol–water partition coefficient (Wildman–Crippen LogP) is 13.2. The van der Waals surface area contributed by atoms with Crippen LogP contribution in [-0.2, 0) is 6.42 Å². The van der Waals surface area contributed by atoms with Crippen LogP contribution in [-0.4, -0.2) is 18.3 Å². The largest absolute Gasteiger partial charge is 0.310 e. The highest BCUT2D eigenvalue weighted by Crippen LogP contribution is 2.48. The van der Waals surface area contributed by atoms with Gasteiger partial charge in [0.1, 0.15) is 28.8 Å². The molecule has 8 aromatic carbocycles. The first-order chi connectivity index (χ1) is 30.8. The summed E-state index contributed by atoms with van der Waals surface area (Å²) in [6.45, 7) is 0. The van der Waals surface area contributed by atoms with Gasteiger partial charge in [0.05, 0.1) is 55.8 Å². The summed E-state index contributed by atoms with van der Waals surface area (Å²) in [4.78, 5) is 0. The molecule has 13 rings (SSSR count).